The van der Waals surface area contributed by atoms with Crippen LogP contribution >= 0.6 is 15.6 Å². The predicted molar refractivity (Wildman–Crippen MR) is 419 cm³/mol. The SMILES string of the molecule is CCCCCCCCCCCCCCCCCCCCCCCCC(=O)O[C@H](COC(=O)CCCCCCCCCCCCCCCCC)COP(=O)(O)OC[C@@H](O)COP(=O)(O)OC[C@@H](COC(=O)CCCCCCCCCCCCC)OC(=O)CCCCCCCCCCCCCCCC. The summed E-state index contributed by atoms with van der Waals surface area (Å²) in [6, 6.07) is 0. The van der Waals surface area contributed by atoms with E-state index in [9.17, 15) is 43.2 Å². The zero-order valence-electron chi connectivity index (χ0n) is 66.6. The van der Waals surface area contributed by atoms with Crippen LogP contribution in [0.2, 0.25) is 0 Å². The van der Waals surface area contributed by atoms with Crippen LogP contribution in [0.25, 0.3) is 0 Å². The number of ether oxygens (including phenoxy) is 4. The average Bonchev–Trinajstić information content (AvgIpc) is 0.932. The zero-order chi connectivity index (χ0) is 74.6. The first kappa shape index (κ1) is 100. The van der Waals surface area contributed by atoms with Crippen LogP contribution in [-0.4, -0.2) is 96.7 Å². The van der Waals surface area contributed by atoms with Gasteiger partial charge in [0.05, 0.1) is 26.4 Å². The van der Waals surface area contributed by atoms with Crippen molar-refractivity contribution < 1.29 is 80.2 Å². The number of esters is 4. The molecule has 0 saturated heterocycles. The molecular weight excluding hydrogens is 1330 g/mol. The maximum absolute atomic E-state index is 13.1. The van der Waals surface area contributed by atoms with Gasteiger partial charge in [0.1, 0.15) is 19.3 Å². The summed E-state index contributed by atoms with van der Waals surface area (Å²) in [5, 5.41) is 10.7. The molecule has 0 aliphatic heterocycles. The molecule has 0 rings (SSSR count). The van der Waals surface area contributed by atoms with Gasteiger partial charge in [0.2, 0.25) is 0 Å². The number of carbonyl (C=O) groups excluding carboxylic acids is 4. The lowest BCUT2D eigenvalue weighted by Gasteiger charge is -2.21. The molecule has 2 unspecified atom stereocenters. The molecule has 0 saturated carbocycles. The monoisotopic (exact) mass is 1490 g/mol. The van der Waals surface area contributed by atoms with E-state index in [0.717, 1.165) is 89.9 Å². The summed E-state index contributed by atoms with van der Waals surface area (Å²) in [5.41, 5.74) is 0. The van der Waals surface area contributed by atoms with Crippen LogP contribution in [0.1, 0.15) is 451 Å². The molecule has 0 radical (unpaired) electrons. The summed E-state index contributed by atoms with van der Waals surface area (Å²) in [6.45, 7) is 5.04. The highest BCUT2D eigenvalue weighted by Gasteiger charge is 2.30. The van der Waals surface area contributed by atoms with E-state index >= 15 is 0 Å². The Morgan fingerprint density at radius 2 is 0.392 bits per heavy atom. The lowest BCUT2D eigenvalue weighted by molar-refractivity contribution is -0.161. The van der Waals surface area contributed by atoms with Gasteiger partial charge in [-0.15, -0.1) is 0 Å². The quantitative estimate of drug-likeness (QED) is 0.0222. The number of hydrogen-bond acceptors (Lipinski definition) is 15. The van der Waals surface area contributed by atoms with Crippen LogP contribution in [0.3, 0.4) is 0 Å². The van der Waals surface area contributed by atoms with Crippen molar-refractivity contribution in [2.45, 2.75) is 470 Å². The molecule has 0 aromatic rings. The van der Waals surface area contributed by atoms with Crippen molar-refractivity contribution in [3.63, 3.8) is 0 Å². The molecule has 0 aliphatic rings. The normalized spacial score (nSPS) is 13.8. The van der Waals surface area contributed by atoms with Crippen molar-refractivity contribution in [1.29, 1.82) is 0 Å². The van der Waals surface area contributed by atoms with Crippen molar-refractivity contribution in [2.24, 2.45) is 0 Å². The fourth-order valence-corrected chi connectivity index (χ4v) is 14.6. The number of phosphoric ester groups is 2. The highest BCUT2D eigenvalue weighted by Crippen LogP contribution is 2.45. The third-order valence-electron chi connectivity index (χ3n) is 19.6. The van der Waals surface area contributed by atoms with E-state index in [4.69, 9.17) is 37.0 Å². The van der Waals surface area contributed by atoms with Gasteiger partial charge in [0.25, 0.3) is 0 Å². The van der Waals surface area contributed by atoms with Crippen LogP contribution < -0.4 is 0 Å². The third-order valence-corrected chi connectivity index (χ3v) is 21.5. The first-order chi connectivity index (χ1) is 49.7. The van der Waals surface area contributed by atoms with Gasteiger partial charge in [0.15, 0.2) is 12.2 Å². The molecule has 0 bridgehead atoms. The van der Waals surface area contributed by atoms with E-state index in [2.05, 4.69) is 27.7 Å². The number of aliphatic hydroxyl groups excluding tert-OH is 1. The van der Waals surface area contributed by atoms with Crippen molar-refractivity contribution in [3.8, 4) is 0 Å². The number of aliphatic hydroxyl groups is 1. The van der Waals surface area contributed by atoms with Gasteiger partial charge in [-0.1, -0.05) is 400 Å². The average molecular weight is 1490 g/mol. The largest absolute Gasteiger partial charge is 0.472 e. The van der Waals surface area contributed by atoms with Crippen molar-refractivity contribution >= 4 is 39.5 Å². The minimum atomic E-state index is -4.96. The highest BCUT2D eigenvalue weighted by atomic mass is 31.2. The second-order valence-corrected chi connectivity index (χ2v) is 32.8. The molecule has 3 N–H and O–H groups in total. The lowest BCUT2D eigenvalue weighted by atomic mass is 10.0. The minimum absolute atomic E-state index is 0.109. The van der Waals surface area contributed by atoms with Crippen LogP contribution in [0, 0.1) is 0 Å². The Hall–Kier alpha value is -1.94. The van der Waals surface area contributed by atoms with E-state index in [-0.39, 0.29) is 25.7 Å². The summed E-state index contributed by atoms with van der Waals surface area (Å²) in [6.07, 6.45) is 70.7. The van der Waals surface area contributed by atoms with Gasteiger partial charge >= 0.3 is 39.5 Å². The molecule has 0 fully saturated rings. The van der Waals surface area contributed by atoms with Gasteiger partial charge in [-0.3, -0.25) is 37.3 Å². The summed E-state index contributed by atoms with van der Waals surface area (Å²) in [7, 11) is -9.92. The second kappa shape index (κ2) is 77.2. The summed E-state index contributed by atoms with van der Waals surface area (Å²) < 4.78 is 68.8. The van der Waals surface area contributed by atoms with Crippen molar-refractivity contribution in [1.82, 2.24) is 0 Å². The Labute approximate surface area is 626 Å². The van der Waals surface area contributed by atoms with E-state index < -0.39 is 97.5 Å². The van der Waals surface area contributed by atoms with E-state index in [1.807, 2.05) is 0 Å². The Balaban J connectivity index is 5.21. The molecule has 0 heterocycles. The predicted octanol–water partition coefficient (Wildman–Crippen LogP) is 25.4. The minimum Gasteiger partial charge on any atom is -0.462 e. The molecular formula is C83H162O17P2. The van der Waals surface area contributed by atoms with E-state index in [0.29, 0.717) is 25.7 Å². The number of hydrogen-bond donors (Lipinski definition) is 3. The van der Waals surface area contributed by atoms with Gasteiger partial charge in [-0.2, -0.15) is 0 Å². The maximum atomic E-state index is 13.1. The zero-order valence-corrected chi connectivity index (χ0v) is 68.4. The highest BCUT2D eigenvalue weighted by molar-refractivity contribution is 7.47. The number of rotatable bonds is 84. The number of carbonyl (C=O) groups is 4. The molecule has 17 nitrogen and oxygen atoms in total. The topological polar surface area (TPSA) is 237 Å². The molecule has 606 valence electrons. The second-order valence-electron chi connectivity index (χ2n) is 29.9. The molecule has 0 amide bonds. The lowest BCUT2D eigenvalue weighted by Crippen LogP contribution is -2.30. The first-order valence-electron chi connectivity index (χ1n) is 43.3. The molecule has 102 heavy (non-hydrogen) atoms. The van der Waals surface area contributed by atoms with Gasteiger partial charge in [-0.25, -0.2) is 9.13 Å². The Bertz CT molecular complexity index is 1930. The smallest absolute Gasteiger partial charge is 0.462 e. The van der Waals surface area contributed by atoms with Gasteiger partial charge in [0, 0.05) is 25.7 Å². The van der Waals surface area contributed by atoms with Crippen LogP contribution in [0.15, 0.2) is 0 Å². The molecule has 0 spiro atoms. The fourth-order valence-electron chi connectivity index (χ4n) is 13.0. The maximum Gasteiger partial charge on any atom is 0.472 e. The van der Waals surface area contributed by atoms with Crippen molar-refractivity contribution in [2.75, 3.05) is 39.6 Å². The Morgan fingerprint density at radius 1 is 0.235 bits per heavy atom. The Kier molecular flexibility index (Phi) is 75.8. The van der Waals surface area contributed by atoms with E-state index in [1.165, 1.54) is 283 Å². The summed E-state index contributed by atoms with van der Waals surface area (Å²) in [4.78, 5) is 73.1. The van der Waals surface area contributed by atoms with E-state index in [1.54, 1.807) is 0 Å². The fraction of sp³-hybridized carbons (Fsp3) is 0.952. The van der Waals surface area contributed by atoms with Crippen LogP contribution in [0.5, 0.6) is 0 Å². The number of unbranched alkanes of at least 4 members (excludes halogenated alkanes) is 58. The molecule has 5 atom stereocenters. The Morgan fingerprint density at radius 3 is 0.578 bits per heavy atom. The van der Waals surface area contributed by atoms with Gasteiger partial charge < -0.3 is 33.8 Å². The van der Waals surface area contributed by atoms with Crippen LogP contribution in [0.4, 0.5) is 0 Å². The van der Waals surface area contributed by atoms with Gasteiger partial charge in [-0.05, 0) is 25.7 Å². The molecule has 0 aromatic heterocycles. The molecule has 0 aliphatic carbocycles. The standard InChI is InChI=1S/C83H162O17P2/c1-5-9-13-17-21-25-29-32-35-36-37-38-39-40-41-43-46-50-54-58-62-66-70-83(88)100-79(74-94-81(86)68-64-60-56-52-48-45-42-33-30-26-22-18-14-10-6-2)76-98-102(91,92)96-72-77(84)71-95-101(89,90)97-75-78(73-93-80(85)67-63-59-55-51-47-28-24-20-16-12-8-4)99-82(87)69-65-61-57-53-49-44-34-31-27-23-19-15-11-7-3/h77-79,84H,5-76H2,1-4H3,(H,89,90)(H,91,92)/t77-,78+,79+/m0/s1. The van der Waals surface area contributed by atoms with Crippen LogP contribution in [-0.2, 0) is 65.4 Å². The first-order valence-corrected chi connectivity index (χ1v) is 46.3. The third kappa shape index (κ3) is 76.3. The summed E-state index contributed by atoms with van der Waals surface area (Å²) in [5.74, 6) is -2.10. The molecule has 19 heteroatoms. The molecule has 0 aromatic carbocycles. The van der Waals surface area contributed by atoms with Crippen molar-refractivity contribution in [3.05, 3.63) is 0 Å². The number of phosphoric acid groups is 2. The summed E-state index contributed by atoms with van der Waals surface area (Å²) >= 11 is 0.